The summed E-state index contributed by atoms with van der Waals surface area (Å²) in [6.07, 6.45) is 3.06. The number of hydrogen-bond acceptors (Lipinski definition) is 8. The molecule has 9 nitrogen and oxygen atoms in total. The second kappa shape index (κ2) is 11.7. The van der Waals surface area contributed by atoms with Crippen molar-refractivity contribution in [2.24, 2.45) is 10.2 Å². The molecule has 0 unspecified atom stereocenters. The van der Waals surface area contributed by atoms with E-state index < -0.39 is 17.8 Å². The van der Waals surface area contributed by atoms with Crippen LogP contribution in [0.25, 0.3) is 0 Å². The second-order valence-corrected chi connectivity index (χ2v) is 6.88. The topological polar surface area (TPSA) is 118 Å². The molecule has 0 spiro atoms. The third-order valence-corrected chi connectivity index (χ3v) is 4.58. The van der Waals surface area contributed by atoms with E-state index in [2.05, 4.69) is 30.5 Å². The van der Waals surface area contributed by atoms with Crippen LogP contribution < -0.4 is 10.9 Å². The number of hydrazone groups is 2. The standard InChI is InChI=1S/C25H22N4O5/c1-33-24(31)19-10-6-17(7-11-19)15-26-28-22-5-3-4-21(14-22)23(30)29-27-16-18-8-12-20(13-9-18)25(32)34-2/h3-16,28H,1-2H3,(H,29,30)/b26-15-,27-16-. The van der Waals surface area contributed by atoms with Gasteiger partial charge in [-0.15, -0.1) is 0 Å². The summed E-state index contributed by atoms with van der Waals surface area (Å²) in [6.45, 7) is 0. The molecule has 0 saturated heterocycles. The molecule has 0 aliphatic carbocycles. The molecule has 3 rings (SSSR count). The van der Waals surface area contributed by atoms with E-state index in [4.69, 9.17) is 0 Å². The summed E-state index contributed by atoms with van der Waals surface area (Å²) in [5, 5.41) is 8.10. The number of benzene rings is 3. The lowest BCUT2D eigenvalue weighted by molar-refractivity contribution is 0.0592. The van der Waals surface area contributed by atoms with Gasteiger partial charge in [-0.2, -0.15) is 10.2 Å². The minimum atomic E-state index is -0.425. The Kier molecular flexibility index (Phi) is 8.23. The van der Waals surface area contributed by atoms with Crippen LogP contribution in [-0.2, 0) is 9.47 Å². The minimum absolute atomic E-state index is 0.390. The number of rotatable bonds is 8. The Morgan fingerprint density at radius 1 is 0.706 bits per heavy atom. The summed E-state index contributed by atoms with van der Waals surface area (Å²) in [5.74, 6) is -1.22. The molecule has 172 valence electrons. The highest BCUT2D eigenvalue weighted by atomic mass is 16.5. The molecule has 0 aromatic heterocycles. The Balaban J connectivity index is 1.55. The van der Waals surface area contributed by atoms with E-state index >= 15 is 0 Å². The third-order valence-electron chi connectivity index (χ3n) is 4.58. The van der Waals surface area contributed by atoms with Crippen LogP contribution in [0.15, 0.2) is 83.0 Å². The first-order valence-electron chi connectivity index (χ1n) is 10.1. The monoisotopic (exact) mass is 458 g/mol. The highest BCUT2D eigenvalue weighted by Gasteiger charge is 2.06. The summed E-state index contributed by atoms with van der Waals surface area (Å²) < 4.78 is 9.32. The zero-order chi connectivity index (χ0) is 24.3. The third kappa shape index (κ3) is 6.60. The molecule has 0 aliphatic rings. The molecule has 0 bridgehead atoms. The minimum Gasteiger partial charge on any atom is -0.465 e. The van der Waals surface area contributed by atoms with Gasteiger partial charge in [-0.05, 0) is 53.6 Å². The fraction of sp³-hybridized carbons (Fsp3) is 0.0800. The van der Waals surface area contributed by atoms with Gasteiger partial charge in [0.15, 0.2) is 0 Å². The lowest BCUT2D eigenvalue weighted by atomic mass is 10.1. The number of methoxy groups -OCH3 is 2. The van der Waals surface area contributed by atoms with E-state index in [9.17, 15) is 14.4 Å². The van der Waals surface area contributed by atoms with Crippen LogP contribution in [0.2, 0.25) is 0 Å². The lowest BCUT2D eigenvalue weighted by Gasteiger charge is -2.04. The van der Waals surface area contributed by atoms with Gasteiger partial charge in [-0.25, -0.2) is 15.0 Å². The molecule has 3 aromatic carbocycles. The van der Waals surface area contributed by atoms with Crippen LogP contribution in [0.3, 0.4) is 0 Å². The molecule has 0 radical (unpaired) electrons. The molecule has 9 heteroatoms. The number of carbonyl (C=O) groups is 3. The number of carbonyl (C=O) groups excluding carboxylic acids is 3. The maximum atomic E-state index is 12.4. The number of ether oxygens (including phenoxy) is 2. The Labute approximate surface area is 196 Å². The van der Waals surface area contributed by atoms with E-state index in [0.29, 0.717) is 27.9 Å². The van der Waals surface area contributed by atoms with Crippen LogP contribution in [0.4, 0.5) is 5.69 Å². The first-order chi connectivity index (χ1) is 16.5. The van der Waals surface area contributed by atoms with Gasteiger partial charge in [-0.3, -0.25) is 10.2 Å². The predicted octanol–water partition coefficient (Wildman–Crippen LogP) is 3.47. The zero-order valence-corrected chi connectivity index (χ0v) is 18.5. The van der Waals surface area contributed by atoms with Crippen LogP contribution in [0.5, 0.6) is 0 Å². The van der Waals surface area contributed by atoms with E-state index in [1.54, 1.807) is 79.0 Å². The van der Waals surface area contributed by atoms with Crippen LogP contribution in [0.1, 0.15) is 42.2 Å². The van der Waals surface area contributed by atoms with Crippen LogP contribution in [-0.4, -0.2) is 44.5 Å². The molecule has 0 fully saturated rings. The van der Waals surface area contributed by atoms with Crippen molar-refractivity contribution in [1.82, 2.24) is 5.43 Å². The quantitative estimate of drug-likeness (QED) is 0.303. The van der Waals surface area contributed by atoms with E-state index in [0.717, 1.165) is 5.56 Å². The summed E-state index contributed by atoms with van der Waals surface area (Å²) in [6, 6.07) is 20.1. The highest BCUT2D eigenvalue weighted by molar-refractivity contribution is 5.96. The molecule has 34 heavy (non-hydrogen) atoms. The molecule has 2 N–H and O–H groups in total. The summed E-state index contributed by atoms with van der Waals surface area (Å²) >= 11 is 0. The van der Waals surface area contributed by atoms with Crippen molar-refractivity contribution in [2.45, 2.75) is 0 Å². The van der Waals surface area contributed by atoms with Gasteiger partial charge in [-0.1, -0.05) is 30.3 Å². The average molecular weight is 458 g/mol. The van der Waals surface area contributed by atoms with Gasteiger partial charge >= 0.3 is 11.9 Å². The van der Waals surface area contributed by atoms with Crippen molar-refractivity contribution in [3.05, 3.63) is 101 Å². The normalized spacial score (nSPS) is 10.8. The highest BCUT2D eigenvalue weighted by Crippen LogP contribution is 2.11. The summed E-state index contributed by atoms with van der Waals surface area (Å²) in [5.41, 5.74) is 8.68. The van der Waals surface area contributed by atoms with Crippen molar-refractivity contribution in [3.8, 4) is 0 Å². The number of esters is 2. The number of anilines is 1. The molecule has 1 amide bonds. The molecule has 0 aliphatic heterocycles. The first-order valence-corrected chi connectivity index (χ1v) is 10.1. The van der Waals surface area contributed by atoms with Gasteiger partial charge in [0.05, 0.1) is 43.5 Å². The van der Waals surface area contributed by atoms with Gasteiger partial charge in [0, 0.05) is 5.56 Å². The lowest BCUT2D eigenvalue weighted by Crippen LogP contribution is -2.17. The fourth-order valence-electron chi connectivity index (χ4n) is 2.79. The molecule has 0 atom stereocenters. The number of hydrogen-bond donors (Lipinski definition) is 2. The largest absolute Gasteiger partial charge is 0.465 e. The molecular weight excluding hydrogens is 436 g/mol. The van der Waals surface area contributed by atoms with Crippen molar-refractivity contribution in [3.63, 3.8) is 0 Å². The molecule has 0 saturated carbocycles. The van der Waals surface area contributed by atoms with Crippen LogP contribution in [0, 0.1) is 0 Å². The maximum Gasteiger partial charge on any atom is 0.337 e. The Morgan fingerprint density at radius 3 is 1.76 bits per heavy atom. The molecule has 0 heterocycles. The van der Waals surface area contributed by atoms with E-state index in [1.165, 1.54) is 20.4 Å². The zero-order valence-electron chi connectivity index (χ0n) is 18.5. The Hall–Kier alpha value is -4.79. The SMILES string of the molecule is COC(=O)c1ccc(/C=N\NC(=O)c2cccc(N/N=C\c3ccc(C(=O)OC)cc3)c2)cc1. The van der Waals surface area contributed by atoms with Gasteiger partial charge in [0.25, 0.3) is 5.91 Å². The first kappa shape index (κ1) is 23.9. The maximum absolute atomic E-state index is 12.4. The number of amides is 1. The van der Waals surface area contributed by atoms with Crippen molar-refractivity contribution < 1.29 is 23.9 Å². The van der Waals surface area contributed by atoms with E-state index in [1.807, 2.05) is 0 Å². The molecular formula is C25H22N4O5. The Morgan fingerprint density at radius 2 is 1.24 bits per heavy atom. The number of nitrogens with zero attached hydrogens (tertiary/aromatic N) is 2. The smallest absolute Gasteiger partial charge is 0.337 e. The van der Waals surface area contributed by atoms with Crippen molar-refractivity contribution >= 4 is 36.0 Å². The fourth-order valence-corrected chi connectivity index (χ4v) is 2.79. The van der Waals surface area contributed by atoms with Crippen molar-refractivity contribution in [2.75, 3.05) is 19.6 Å². The summed E-state index contributed by atoms with van der Waals surface area (Å²) in [4.78, 5) is 35.3. The van der Waals surface area contributed by atoms with Gasteiger partial charge in [0.2, 0.25) is 0 Å². The predicted molar refractivity (Wildman–Crippen MR) is 128 cm³/mol. The second-order valence-electron chi connectivity index (χ2n) is 6.88. The summed E-state index contributed by atoms with van der Waals surface area (Å²) in [7, 11) is 2.64. The van der Waals surface area contributed by atoms with Gasteiger partial charge < -0.3 is 9.47 Å². The Bertz CT molecular complexity index is 1220. The van der Waals surface area contributed by atoms with E-state index in [-0.39, 0.29) is 0 Å². The van der Waals surface area contributed by atoms with Crippen LogP contribution >= 0.6 is 0 Å². The van der Waals surface area contributed by atoms with Gasteiger partial charge in [0.1, 0.15) is 0 Å². The average Bonchev–Trinajstić information content (AvgIpc) is 2.88. The molecule has 3 aromatic rings. The van der Waals surface area contributed by atoms with Crippen molar-refractivity contribution in [1.29, 1.82) is 0 Å². The number of nitrogens with one attached hydrogen (secondary N) is 2.